The second kappa shape index (κ2) is 7.87. The molecule has 30 heavy (non-hydrogen) atoms. The van der Waals surface area contributed by atoms with Crippen molar-refractivity contribution in [2.24, 2.45) is 0 Å². The fraction of sp³-hybridized carbons (Fsp3) is 0.0455. The quantitative estimate of drug-likeness (QED) is 0.363. The minimum atomic E-state index is -4.04. The zero-order valence-corrected chi connectivity index (χ0v) is 17.9. The molecular formula is C22H14Cl2FNO3S. The number of hydrogen-bond acceptors (Lipinski definition) is 4. The van der Waals surface area contributed by atoms with Crippen molar-refractivity contribution < 1.29 is 17.5 Å². The maximum Gasteiger partial charge on any atom is 0.208 e. The lowest BCUT2D eigenvalue weighted by Gasteiger charge is -2.15. The molecule has 0 unspecified atom stereocenters. The molecule has 0 saturated heterocycles. The van der Waals surface area contributed by atoms with Crippen LogP contribution in [0.25, 0.3) is 22.0 Å². The van der Waals surface area contributed by atoms with Crippen molar-refractivity contribution in [3.63, 3.8) is 0 Å². The van der Waals surface area contributed by atoms with Crippen LogP contribution in [0.3, 0.4) is 0 Å². The minimum absolute atomic E-state index is 0.0268. The van der Waals surface area contributed by atoms with Gasteiger partial charge in [0.25, 0.3) is 0 Å². The first-order chi connectivity index (χ1) is 14.3. The number of hydrogen-bond donors (Lipinski definition) is 0. The smallest absolute Gasteiger partial charge is 0.208 e. The van der Waals surface area contributed by atoms with Gasteiger partial charge in [0.05, 0.1) is 21.9 Å². The maximum atomic E-state index is 14.4. The number of fused-ring (bicyclic) bond motifs is 1. The molecule has 0 fully saturated rings. The van der Waals surface area contributed by atoms with Gasteiger partial charge in [0.1, 0.15) is 17.1 Å². The van der Waals surface area contributed by atoms with Crippen molar-refractivity contribution >= 4 is 43.9 Å². The largest absolute Gasteiger partial charge is 0.495 e. The summed E-state index contributed by atoms with van der Waals surface area (Å²) >= 11 is 12.1. The summed E-state index contributed by atoms with van der Waals surface area (Å²) in [4.78, 5) is 4.00. The molecule has 1 heterocycles. The van der Waals surface area contributed by atoms with E-state index in [1.807, 2.05) is 0 Å². The van der Waals surface area contributed by atoms with Crippen molar-refractivity contribution in [1.29, 1.82) is 0 Å². The van der Waals surface area contributed by atoms with Crippen LogP contribution in [0.1, 0.15) is 0 Å². The number of methoxy groups -OCH3 is 1. The Kier molecular flexibility index (Phi) is 5.40. The van der Waals surface area contributed by atoms with Crippen LogP contribution in [-0.4, -0.2) is 20.5 Å². The summed E-state index contributed by atoms with van der Waals surface area (Å²) in [5.41, 5.74) is 0.979. The summed E-state index contributed by atoms with van der Waals surface area (Å²) in [5.74, 6) is -0.189. The highest BCUT2D eigenvalue weighted by atomic mass is 35.5. The molecule has 3 aromatic carbocycles. The van der Waals surface area contributed by atoms with Crippen LogP contribution in [0.15, 0.2) is 76.7 Å². The van der Waals surface area contributed by atoms with Gasteiger partial charge in [-0.2, -0.15) is 0 Å². The lowest BCUT2D eigenvalue weighted by Crippen LogP contribution is -2.06. The molecule has 0 radical (unpaired) electrons. The van der Waals surface area contributed by atoms with E-state index in [1.54, 1.807) is 30.3 Å². The first kappa shape index (κ1) is 20.6. The van der Waals surface area contributed by atoms with Gasteiger partial charge in [-0.3, -0.25) is 4.98 Å². The molecule has 4 nitrogen and oxygen atoms in total. The monoisotopic (exact) mass is 461 g/mol. The molecule has 1 aromatic heterocycles. The Morgan fingerprint density at radius 2 is 1.73 bits per heavy atom. The number of halogens is 3. The molecule has 0 aliphatic heterocycles. The van der Waals surface area contributed by atoms with Crippen LogP contribution in [0.4, 0.5) is 4.39 Å². The molecule has 152 valence electrons. The molecule has 0 amide bonds. The Morgan fingerprint density at radius 3 is 2.40 bits per heavy atom. The number of aromatic nitrogens is 1. The van der Waals surface area contributed by atoms with Gasteiger partial charge < -0.3 is 4.74 Å². The van der Waals surface area contributed by atoms with Crippen LogP contribution in [-0.2, 0) is 9.84 Å². The fourth-order valence-electron chi connectivity index (χ4n) is 3.23. The highest BCUT2D eigenvalue weighted by Gasteiger charge is 2.26. The van der Waals surface area contributed by atoms with E-state index < -0.39 is 15.7 Å². The number of ether oxygens (including phenoxy) is 1. The first-order valence-electron chi connectivity index (χ1n) is 8.74. The van der Waals surface area contributed by atoms with Gasteiger partial charge in [0.15, 0.2) is 0 Å². The number of para-hydroxylation sites is 1. The Labute approximate surface area is 182 Å². The van der Waals surface area contributed by atoms with Crippen LogP contribution >= 0.6 is 23.2 Å². The van der Waals surface area contributed by atoms with Crippen LogP contribution < -0.4 is 4.74 Å². The summed E-state index contributed by atoms with van der Waals surface area (Å²) < 4.78 is 46.5. The Balaban J connectivity index is 2.04. The molecule has 0 spiro atoms. The number of rotatable bonds is 4. The van der Waals surface area contributed by atoms with Crippen molar-refractivity contribution in [1.82, 2.24) is 4.98 Å². The van der Waals surface area contributed by atoms with Crippen LogP contribution in [0, 0.1) is 5.82 Å². The van der Waals surface area contributed by atoms with E-state index in [2.05, 4.69) is 4.98 Å². The van der Waals surface area contributed by atoms with Crippen molar-refractivity contribution in [3.05, 3.63) is 82.7 Å². The predicted octanol–water partition coefficient (Wildman–Crippen LogP) is 6.19. The van der Waals surface area contributed by atoms with Gasteiger partial charge in [-0.25, -0.2) is 12.8 Å². The molecule has 0 N–H and O–H groups in total. The Hall–Kier alpha value is -2.67. The number of nitrogens with zero attached hydrogens (tertiary/aromatic N) is 1. The molecule has 0 bridgehead atoms. The summed E-state index contributed by atoms with van der Waals surface area (Å²) in [6.45, 7) is 0. The molecule has 8 heteroatoms. The second-order valence-electron chi connectivity index (χ2n) is 6.44. The zero-order chi connectivity index (χ0) is 21.5. The van der Waals surface area contributed by atoms with Gasteiger partial charge in [-0.15, -0.1) is 0 Å². The number of pyridine rings is 1. The lowest BCUT2D eigenvalue weighted by atomic mass is 10.0. The molecular weight excluding hydrogens is 448 g/mol. The van der Waals surface area contributed by atoms with Crippen molar-refractivity contribution in [3.8, 4) is 16.9 Å². The van der Waals surface area contributed by atoms with E-state index >= 15 is 0 Å². The van der Waals surface area contributed by atoms with Gasteiger partial charge in [0, 0.05) is 22.2 Å². The average molecular weight is 462 g/mol. The first-order valence-corrected chi connectivity index (χ1v) is 11.0. The molecule has 4 rings (SSSR count). The average Bonchev–Trinajstić information content (AvgIpc) is 2.74. The molecule has 0 atom stereocenters. The molecule has 0 aliphatic carbocycles. The molecule has 0 aliphatic rings. The topological polar surface area (TPSA) is 56.3 Å². The van der Waals surface area contributed by atoms with Gasteiger partial charge >= 0.3 is 0 Å². The van der Waals surface area contributed by atoms with E-state index in [9.17, 15) is 12.8 Å². The van der Waals surface area contributed by atoms with Crippen molar-refractivity contribution in [2.45, 2.75) is 9.79 Å². The highest BCUT2D eigenvalue weighted by molar-refractivity contribution is 7.91. The standard InChI is InChI=1S/C22H14Cl2FNO3S/c1-29-19-10-9-15(11-17(19)24)30(27,28)20-12-26-22-16(3-2-4-18(22)25)21(20)13-5-7-14(23)8-6-13/h2-12H,1H3. The fourth-order valence-corrected chi connectivity index (χ4v) is 5.14. The minimum Gasteiger partial charge on any atom is -0.495 e. The Morgan fingerprint density at radius 1 is 1.00 bits per heavy atom. The van der Waals surface area contributed by atoms with E-state index in [-0.39, 0.29) is 20.3 Å². The van der Waals surface area contributed by atoms with E-state index in [1.165, 1.54) is 43.6 Å². The van der Waals surface area contributed by atoms with Gasteiger partial charge in [-0.05, 0) is 42.0 Å². The summed E-state index contributed by atoms with van der Waals surface area (Å²) in [6, 6.07) is 15.3. The maximum absolute atomic E-state index is 14.4. The van der Waals surface area contributed by atoms with E-state index in [0.717, 1.165) is 0 Å². The molecule has 4 aromatic rings. The van der Waals surface area contributed by atoms with Crippen molar-refractivity contribution in [2.75, 3.05) is 7.11 Å². The summed E-state index contributed by atoms with van der Waals surface area (Å²) in [5, 5.41) is 1.03. The predicted molar refractivity (Wildman–Crippen MR) is 116 cm³/mol. The third-order valence-corrected chi connectivity index (χ3v) is 6.98. The van der Waals surface area contributed by atoms with Crippen LogP contribution in [0.2, 0.25) is 10.0 Å². The lowest BCUT2D eigenvalue weighted by molar-refractivity contribution is 0.414. The summed E-state index contributed by atoms with van der Waals surface area (Å²) in [6.07, 6.45) is 1.17. The van der Waals surface area contributed by atoms with Gasteiger partial charge in [-0.1, -0.05) is 47.5 Å². The highest BCUT2D eigenvalue weighted by Crippen LogP contribution is 2.38. The Bertz CT molecular complexity index is 1370. The summed E-state index contributed by atoms with van der Waals surface area (Å²) in [7, 11) is -2.60. The second-order valence-corrected chi connectivity index (χ2v) is 9.20. The zero-order valence-electron chi connectivity index (χ0n) is 15.6. The molecule has 0 saturated carbocycles. The third kappa shape index (κ3) is 3.51. The number of benzene rings is 3. The normalized spacial score (nSPS) is 11.6. The van der Waals surface area contributed by atoms with E-state index in [4.69, 9.17) is 27.9 Å². The van der Waals surface area contributed by atoms with Crippen LogP contribution in [0.5, 0.6) is 5.75 Å². The van der Waals surface area contributed by atoms with E-state index in [0.29, 0.717) is 27.3 Å². The number of sulfone groups is 1. The SMILES string of the molecule is COc1ccc(S(=O)(=O)c2cnc3c(F)cccc3c2-c2ccc(Cl)cc2)cc1Cl. The third-order valence-electron chi connectivity index (χ3n) is 4.67. The van der Waals surface area contributed by atoms with Gasteiger partial charge in [0.2, 0.25) is 9.84 Å².